The Bertz CT molecular complexity index is 674. The Morgan fingerprint density at radius 2 is 1.96 bits per heavy atom. The molecule has 3 atom stereocenters. The van der Waals surface area contributed by atoms with E-state index in [0.29, 0.717) is 25.6 Å². The highest BCUT2D eigenvalue weighted by Crippen LogP contribution is 2.40. The van der Waals surface area contributed by atoms with E-state index in [1.54, 1.807) is 0 Å². The van der Waals surface area contributed by atoms with Crippen molar-refractivity contribution >= 4 is 24.2 Å². The average Bonchev–Trinajstić information content (AvgIpc) is 2.98. The number of carbonyl (C=O) groups is 2. The van der Waals surface area contributed by atoms with Crippen molar-refractivity contribution in [3.8, 4) is 0 Å². The van der Waals surface area contributed by atoms with Gasteiger partial charge in [0.2, 0.25) is 5.91 Å². The molecule has 3 unspecified atom stereocenters. The van der Waals surface area contributed by atoms with Crippen LogP contribution in [-0.2, 0) is 4.79 Å². The van der Waals surface area contributed by atoms with Crippen molar-refractivity contribution < 1.29 is 18.4 Å². The fourth-order valence-corrected chi connectivity index (χ4v) is 4.10. The lowest BCUT2D eigenvalue weighted by atomic mass is 9.84. The summed E-state index contributed by atoms with van der Waals surface area (Å²) in [6.45, 7) is 0.642. The van der Waals surface area contributed by atoms with Crippen LogP contribution in [0.3, 0.4) is 0 Å². The minimum absolute atomic E-state index is 0. The number of nitrogens with one attached hydrogen (secondary N) is 1. The number of halogens is 3. The predicted octanol–water partition coefficient (Wildman–Crippen LogP) is 2.23. The van der Waals surface area contributed by atoms with Gasteiger partial charge in [0.15, 0.2) is 0 Å². The van der Waals surface area contributed by atoms with E-state index < -0.39 is 23.6 Å². The van der Waals surface area contributed by atoms with E-state index in [9.17, 15) is 18.4 Å². The Balaban J connectivity index is 0.00000243. The summed E-state index contributed by atoms with van der Waals surface area (Å²) >= 11 is 0. The minimum atomic E-state index is -0.898. The molecule has 0 bridgehead atoms. The molecule has 5 nitrogen and oxygen atoms in total. The van der Waals surface area contributed by atoms with Crippen LogP contribution in [0.2, 0.25) is 0 Å². The summed E-state index contributed by atoms with van der Waals surface area (Å²) in [6, 6.07) is 2.22. The van der Waals surface area contributed by atoms with Gasteiger partial charge in [0.1, 0.15) is 17.7 Å². The molecule has 1 aliphatic carbocycles. The van der Waals surface area contributed by atoms with E-state index in [4.69, 9.17) is 5.73 Å². The van der Waals surface area contributed by atoms with Crippen LogP contribution in [0.4, 0.5) is 8.78 Å². The number of nitrogens with zero attached hydrogens (tertiary/aromatic N) is 1. The number of benzene rings is 1. The van der Waals surface area contributed by atoms with Crippen LogP contribution in [0.1, 0.15) is 42.5 Å². The Labute approximate surface area is 157 Å². The summed E-state index contributed by atoms with van der Waals surface area (Å²) in [7, 11) is 0. The number of amides is 2. The third-order valence-electron chi connectivity index (χ3n) is 5.23. The highest BCUT2D eigenvalue weighted by atomic mass is 35.5. The van der Waals surface area contributed by atoms with Crippen LogP contribution in [-0.4, -0.2) is 41.9 Å². The second kappa shape index (κ2) is 8.77. The predicted molar refractivity (Wildman–Crippen MR) is 96.0 cm³/mol. The molecule has 26 heavy (non-hydrogen) atoms. The van der Waals surface area contributed by atoms with Crippen LogP contribution in [0.5, 0.6) is 0 Å². The lowest BCUT2D eigenvalue weighted by Crippen LogP contribution is -2.50. The van der Waals surface area contributed by atoms with Crippen molar-refractivity contribution in [1.82, 2.24) is 10.2 Å². The molecule has 1 aromatic rings. The maximum absolute atomic E-state index is 14.1. The molecule has 1 saturated carbocycles. The summed E-state index contributed by atoms with van der Waals surface area (Å²) in [4.78, 5) is 27.0. The third-order valence-corrected chi connectivity index (χ3v) is 5.23. The summed E-state index contributed by atoms with van der Waals surface area (Å²) < 4.78 is 27.3. The smallest absolute Gasteiger partial charge is 0.257 e. The molecule has 8 heteroatoms. The Kier molecular flexibility index (Phi) is 6.94. The topological polar surface area (TPSA) is 75.4 Å². The van der Waals surface area contributed by atoms with Crippen LogP contribution < -0.4 is 11.1 Å². The van der Waals surface area contributed by atoms with Gasteiger partial charge in [0.25, 0.3) is 5.91 Å². The molecule has 0 radical (unpaired) electrons. The van der Waals surface area contributed by atoms with E-state index >= 15 is 0 Å². The normalized spacial score (nSPS) is 24.6. The molecule has 2 amide bonds. The number of hydrogen-bond donors (Lipinski definition) is 2. The molecular weight excluding hydrogens is 364 g/mol. The fraction of sp³-hybridized carbons (Fsp3) is 0.556. The van der Waals surface area contributed by atoms with Gasteiger partial charge < -0.3 is 16.0 Å². The molecule has 2 fully saturated rings. The first kappa shape index (κ1) is 20.6. The van der Waals surface area contributed by atoms with Crippen molar-refractivity contribution in [2.45, 2.75) is 44.2 Å². The number of likely N-dealkylation sites (tertiary alicyclic amines) is 1. The monoisotopic (exact) mass is 387 g/mol. The molecule has 1 aromatic carbocycles. The quantitative estimate of drug-likeness (QED) is 0.831. The summed E-state index contributed by atoms with van der Waals surface area (Å²) in [5.41, 5.74) is 5.24. The molecule has 0 aromatic heterocycles. The first-order valence-electron chi connectivity index (χ1n) is 8.78. The van der Waals surface area contributed by atoms with Gasteiger partial charge in [-0.25, -0.2) is 8.78 Å². The second-order valence-corrected chi connectivity index (χ2v) is 6.78. The Hall–Kier alpha value is -1.73. The SMILES string of the molecule is Cl.NCCNC(=O)C1CC2CCCCC2N1C(=O)c1ccc(F)cc1F. The number of carbonyl (C=O) groups excluding carboxylic acids is 2. The summed E-state index contributed by atoms with van der Waals surface area (Å²) in [5, 5.41) is 2.73. The maximum Gasteiger partial charge on any atom is 0.257 e. The standard InChI is InChI=1S/C18H23F2N3O2.ClH/c19-12-5-6-13(14(20)10-12)18(25)23-15-4-2-1-3-11(15)9-16(23)17(24)22-8-7-21;/h5-6,10-11,15-16H,1-4,7-9,21H2,(H,22,24);1H. The van der Waals surface area contributed by atoms with Crippen molar-refractivity contribution in [1.29, 1.82) is 0 Å². The van der Waals surface area contributed by atoms with Crippen molar-refractivity contribution in [2.75, 3.05) is 13.1 Å². The number of fused-ring (bicyclic) bond motifs is 1. The van der Waals surface area contributed by atoms with E-state index in [-0.39, 0.29) is 35.8 Å². The molecule has 1 saturated heterocycles. The van der Waals surface area contributed by atoms with Gasteiger partial charge in [-0.05, 0) is 37.3 Å². The van der Waals surface area contributed by atoms with Gasteiger partial charge in [0, 0.05) is 25.2 Å². The lowest BCUT2D eigenvalue weighted by molar-refractivity contribution is -0.125. The van der Waals surface area contributed by atoms with Crippen LogP contribution in [0.25, 0.3) is 0 Å². The first-order valence-corrected chi connectivity index (χ1v) is 8.78. The van der Waals surface area contributed by atoms with Crippen molar-refractivity contribution in [3.05, 3.63) is 35.4 Å². The molecule has 3 N–H and O–H groups in total. The highest BCUT2D eigenvalue weighted by Gasteiger charge is 2.47. The third kappa shape index (κ3) is 3.99. The highest BCUT2D eigenvalue weighted by molar-refractivity contribution is 5.98. The molecular formula is C18H24ClF2N3O2. The molecule has 144 valence electrons. The van der Waals surface area contributed by atoms with Crippen LogP contribution in [0, 0.1) is 17.6 Å². The van der Waals surface area contributed by atoms with Crippen LogP contribution >= 0.6 is 12.4 Å². The average molecular weight is 388 g/mol. The molecule has 0 spiro atoms. The van der Waals surface area contributed by atoms with E-state index in [1.807, 2.05) is 0 Å². The number of nitrogens with two attached hydrogens (primary N) is 1. The molecule has 1 aliphatic heterocycles. The Morgan fingerprint density at radius 1 is 1.23 bits per heavy atom. The lowest BCUT2D eigenvalue weighted by Gasteiger charge is -2.33. The Morgan fingerprint density at radius 3 is 2.65 bits per heavy atom. The van der Waals surface area contributed by atoms with Crippen LogP contribution in [0.15, 0.2) is 18.2 Å². The molecule has 1 heterocycles. The summed E-state index contributed by atoms with van der Waals surface area (Å²) in [5.74, 6) is -2.18. The van der Waals surface area contributed by atoms with Gasteiger partial charge in [-0.3, -0.25) is 9.59 Å². The maximum atomic E-state index is 14.1. The molecule has 2 aliphatic rings. The fourth-order valence-electron chi connectivity index (χ4n) is 4.10. The number of rotatable bonds is 4. The van der Waals surface area contributed by atoms with Gasteiger partial charge in [-0.1, -0.05) is 12.8 Å². The summed E-state index contributed by atoms with van der Waals surface area (Å²) in [6.07, 6.45) is 4.40. The molecule has 3 rings (SSSR count). The zero-order valence-corrected chi connectivity index (χ0v) is 15.2. The van der Waals surface area contributed by atoms with Gasteiger partial charge >= 0.3 is 0 Å². The number of hydrogen-bond acceptors (Lipinski definition) is 3. The van der Waals surface area contributed by atoms with Crippen molar-refractivity contribution in [3.63, 3.8) is 0 Å². The zero-order valence-electron chi connectivity index (χ0n) is 14.4. The van der Waals surface area contributed by atoms with Crippen molar-refractivity contribution in [2.24, 2.45) is 11.7 Å². The van der Waals surface area contributed by atoms with Gasteiger partial charge in [-0.2, -0.15) is 0 Å². The van der Waals surface area contributed by atoms with E-state index in [0.717, 1.165) is 37.8 Å². The second-order valence-electron chi connectivity index (χ2n) is 6.78. The van der Waals surface area contributed by atoms with E-state index in [1.165, 1.54) is 4.90 Å². The van der Waals surface area contributed by atoms with Gasteiger partial charge in [-0.15, -0.1) is 12.4 Å². The van der Waals surface area contributed by atoms with Gasteiger partial charge in [0.05, 0.1) is 5.56 Å². The first-order chi connectivity index (χ1) is 12.0. The minimum Gasteiger partial charge on any atom is -0.353 e. The zero-order chi connectivity index (χ0) is 18.0. The largest absolute Gasteiger partial charge is 0.353 e. The van der Waals surface area contributed by atoms with E-state index in [2.05, 4.69) is 5.32 Å².